The van der Waals surface area contributed by atoms with E-state index in [-0.39, 0.29) is 6.61 Å². The van der Waals surface area contributed by atoms with E-state index in [4.69, 9.17) is 9.87 Å². The van der Waals surface area contributed by atoms with Gasteiger partial charge in [0, 0.05) is 67.3 Å². The lowest BCUT2D eigenvalue weighted by atomic mass is 10.1. The zero-order valence-corrected chi connectivity index (χ0v) is 23.3. The number of aryl methyl sites for hydroxylation is 1. The number of thioether (sulfide) groups is 1. The van der Waals surface area contributed by atoms with Gasteiger partial charge in [-0.2, -0.15) is 13.2 Å². The number of aliphatic hydroxyl groups excluding tert-OH is 1. The maximum absolute atomic E-state index is 13.1. The van der Waals surface area contributed by atoms with Gasteiger partial charge in [0.15, 0.2) is 5.75 Å². The van der Waals surface area contributed by atoms with Crippen LogP contribution in [-0.4, -0.2) is 65.2 Å². The van der Waals surface area contributed by atoms with E-state index in [1.165, 1.54) is 30.4 Å². The molecule has 0 radical (unpaired) electrons. The summed E-state index contributed by atoms with van der Waals surface area (Å²) in [5.41, 5.74) is 1.71. The first-order valence-corrected chi connectivity index (χ1v) is 14.2. The van der Waals surface area contributed by atoms with Crippen LogP contribution in [0.3, 0.4) is 0 Å². The van der Waals surface area contributed by atoms with Crippen LogP contribution in [0, 0.1) is 6.92 Å². The predicted molar refractivity (Wildman–Crippen MR) is 144 cm³/mol. The number of aliphatic hydroxyl groups is 1. The number of β-amino-alcohol motifs (C(OH)–C–C–N with tert-alkyl or cyclic N) is 1. The SMILES string of the molecule is CC(=O)OOc1ccc(SCc2sc(-c3ccc(C(F)(F)F)cc3)nc2CN2CCN(CCO)CC2)cc1C. The standard InChI is InChI=1S/C27H30F3N3O4S2/c1-18-15-22(7-8-24(18)37-36-19(2)35)38-17-25-23(16-33-11-9-32(10-12-33)13-14-34)31-26(39-25)20-3-5-21(6-4-20)27(28,29)30/h3-8,15,34H,9-14,16-17H2,1-2H3. The van der Waals surface area contributed by atoms with Gasteiger partial charge in [-0.25, -0.2) is 9.78 Å². The molecule has 7 nitrogen and oxygen atoms in total. The fourth-order valence-corrected chi connectivity index (χ4v) is 6.30. The number of nitrogens with zero attached hydrogens (tertiary/aromatic N) is 3. The van der Waals surface area contributed by atoms with Gasteiger partial charge in [-0.05, 0) is 42.8 Å². The van der Waals surface area contributed by atoms with E-state index in [1.807, 2.05) is 19.1 Å². The van der Waals surface area contributed by atoms with Crippen molar-refractivity contribution in [1.82, 2.24) is 14.8 Å². The summed E-state index contributed by atoms with van der Waals surface area (Å²) < 4.78 is 39.2. The smallest absolute Gasteiger partial charge is 0.395 e. The molecule has 1 saturated heterocycles. The zero-order valence-electron chi connectivity index (χ0n) is 21.7. The first-order valence-electron chi connectivity index (χ1n) is 12.4. The molecule has 0 saturated carbocycles. The van der Waals surface area contributed by atoms with Crippen molar-refractivity contribution >= 4 is 29.1 Å². The molecule has 4 rings (SSSR count). The van der Waals surface area contributed by atoms with E-state index < -0.39 is 17.7 Å². The van der Waals surface area contributed by atoms with Crippen LogP contribution in [0.2, 0.25) is 0 Å². The summed E-state index contributed by atoms with van der Waals surface area (Å²) in [7, 11) is 0. The van der Waals surface area contributed by atoms with Crippen molar-refractivity contribution in [1.29, 1.82) is 0 Å². The number of hydrogen-bond donors (Lipinski definition) is 1. The molecule has 0 bridgehead atoms. The van der Waals surface area contributed by atoms with Crippen LogP contribution in [0.15, 0.2) is 47.4 Å². The van der Waals surface area contributed by atoms with Gasteiger partial charge >= 0.3 is 12.1 Å². The lowest BCUT2D eigenvalue weighted by molar-refractivity contribution is -0.211. The third-order valence-corrected chi connectivity index (χ3v) is 8.61. The highest BCUT2D eigenvalue weighted by Crippen LogP contribution is 2.36. The van der Waals surface area contributed by atoms with Crippen molar-refractivity contribution in [3.63, 3.8) is 0 Å². The second-order valence-corrected chi connectivity index (χ2v) is 11.3. The Morgan fingerprint density at radius 2 is 1.79 bits per heavy atom. The molecule has 1 N–H and O–H groups in total. The maximum Gasteiger partial charge on any atom is 0.416 e. The van der Waals surface area contributed by atoms with E-state index in [0.717, 1.165) is 59.3 Å². The molecule has 1 aromatic heterocycles. The Morgan fingerprint density at radius 1 is 1.10 bits per heavy atom. The van der Waals surface area contributed by atoms with Crippen LogP contribution in [0.5, 0.6) is 5.75 Å². The molecule has 2 aromatic carbocycles. The average Bonchev–Trinajstić information content (AvgIpc) is 3.30. The van der Waals surface area contributed by atoms with Crippen molar-refractivity contribution in [2.24, 2.45) is 0 Å². The van der Waals surface area contributed by atoms with Gasteiger partial charge in [0.1, 0.15) is 5.01 Å². The van der Waals surface area contributed by atoms with Crippen LogP contribution in [-0.2, 0) is 28.2 Å². The van der Waals surface area contributed by atoms with Crippen LogP contribution in [0.4, 0.5) is 13.2 Å². The summed E-state index contributed by atoms with van der Waals surface area (Å²) in [6, 6.07) is 10.7. The molecule has 1 fully saturated rings. The minimum Gasteiger partial charge on any atom is -0.395 e. The predicted octanol–water partition coefficient (Wildman–Crippen LogP) is 5.40. The Balaban J connectivity index is 1.51. The lowest BCUT2D eigenvalue weighted by Crippen LogP contribution is -2.46. The number of hydrogen-bond acceptors (Lipinski definition) is 9. The summed E-state index contributed by atoms with van der Waals surface area (Å²) in [4.78, 5) is 32.2. The van der Waals surface area contributed by atoms with Gasteiger partial charge in [-0.3, -0.25) is 19.6 Å². The van der Waals surface area contributed by atoms with Crippen molar-refractivity contribution in [3.05, 3.63) is 64.2 Å². The van der Waals surface area contributed by atoms with Gasteiger partial charge in [0.2, 0.25) is 0 Å². The van der Waals surface area contributed by atoms with Crippen molar-refractivity contribution in [2.45, 2.75) is 37.2 Å². The molecule has 2 heterocycles. The summed E-state index contributed by atoms with van der Waals surface area (Å²) in [5.74, 6) is 0.559. The Bertz CT molecular complexity index is 1260. The quantitative estimate of drug-likeness (QED) is 0.194. The van der Waals surface area contributed by atoms with Crippen LogP contribution < -0.4 is 4.89 Å². The van der Waals surface area contributed by atoms with E-state index in [9.17, 15) is 23.1 Å². The van der Waals surface area contributed by atoms with Gasteiger partial charge < -0.3 is 5.11 Å². The highest BCUT2D eigenvalue weighted by atomic mass is 32.2. The van der Waals surface area contributed by atoms with Crippen molar-refractivity contribution in [2.75, 3.05) is 39.3 Å². The highest BCUT2D eigenvalue weighted by molar-refractivity contribution is 7.98. The second kappa shape index (κ2) is 13.1. The Morgan fingerprint density at radius 3 is 2.41 bits per heavy atom. The number of thiazole rings is 1. The monoisotopic (exact) mass is 581 g/mol. The Kier molecular flexibility index (Phi) is 9.89. The fourth-order valence-electron chi connectivity index (χ4n) is 4.13. The fraction of sp³-hybridized carbons (Fsp3) is 0.407. The molecule has 3 aromatic rings. The summed E-state index contributed by atoms with van der Waals surface area (Å²) >= 11 is 3.12. The first-order chi connectivity index (χ1) is 18.6. The normalized spacial score (nSPS) is 14.9. The second-order valence-electron chi connectivity index (χ2n) is 9.18. The van der Waals surface area contributed by atoms with Gasteiger partial charge in [-0.1, -0.05) is 12.1 Å². The third-order valence-electron chi connectivity index (χ3n) is 6.26. The minimum atomic E-state index is -4.39. The lowest BCUT2D eigenvalue weighted by Gasteiger charge is -2.34. The molecule has 210 valence electrons. The molecule has 0 spiro atoms. The molecular formula is C27H30F3N3O4S2. The molecule has 39 heavy (non-hydrogen) atoms. The highest BCUT2D eigenvalue weighted by Gasteiger charge is 2.30. The molecule has 0 amide bonds. The average molecular weight is 582 g/mol. The summed E-state index contributed by atoms with van der Waals surface area (Å²) in [6.07, 6.45) is -4.39. The number of aromatic nitrogens is 1. The topological polar surface area (TPSA) is 75.1 Å². The molecule has 1 aliphatic rings. The van der Waals surface area contributed by atoms with Crippen LogP contribution in [0.25, 0.3) is 10.6 Å². The number of rotatable bonds is 10. The van der Waals surface area contributed by atoms with Crippen molar-refractivity contribution < 1.29 is 32.8 Å². The van der Waals surface area contributed by atoms with Crippen LogP contribution in [0.1, 0.15) is 28.6 Å². The number of carbonyl (C=O) groups excluding carboxylic acids is 1. The maximum atomic E-state index is 13.1. The number of piperazine rings is 1. The summed E-state index contributed by atoms with van der Waals surface area (Å²) in [5, 5.41) is 9.90. The molecule has 1 aliphatic heterocycles. The zero-order chi connectivity index (χ0) is 28.0. The largest absolute Gasteiger partial charge is 0.416 e. The Hall–Kier alpha value is -2.64. The van der Waals surface area contributed by atoms with E-state index in [2.05, 4.69) is 14.7 Å². The third kappa shape index (κ3) is 8.18. The Labute approximate surface area is 233 Å². The number of carbonyl (C=O) groups is 1. The number of alkyl halides is 3. The molecule has 0 unspecified atom stereocenters. The minimum absolute atomic E-state index is 0.139. The van der Waals surface area contributed by atoms with Crippen molar-refractivity contribution in [3.8, 4) is 16.3 Å². The first kappa shape index (κ1) is 29.3. The van der Waals surface area contributed by atoms with Crippen LogP contribution >= 0.6 is 23.1 Å². The van der Waals surface area contributed by atoms with Gasteiger partial charge in [0.25, 0.3) is 0 Å². The van der Waals surface area contributed by atoms with E-state index >= 15 is 0 Å². The summed E-state index contributed by atoms with van der Waals surface area (Å²) in [6.45, 7) is 8.00. The number of benzene rings is 2. The molecule has 12 heteroatoms. The molecular weight excluding hydrogens is 551 g/mol. The van der Waals surface area contributed by atoms with E-state index in [0.29, 0.717) is 35.2 Å². The number of halogens is 3. The molecule has 0 atom stereocenters. The van der Waals surface area contributed by atoms with E-state index in [1.54, 1.807) is 17.8 Å². The molecule has 0 aliphatic carbocycles. The van der Waals surface area contributed by atoms with Gasteiger partial charge in [0.05, 0.1) is 17.9 Å². The van der Waals surface area contributed by atoms with Gasteiger partial charge in [-0.15, -0.1) is 23.1 Å².